The average molecular weight is 310 g/mol. The van der Waals surface area contributed by atoms with Crippen molar-refractivity contribution in [1.82, 2.24) is 10.2 Å². The predicted molar refractivity (Wildman–Crippen MR) is 79.4 cm³/mol. The van der Waals surface area contributed by atoms with Crippen LogP contribution in [-0.2, 0) is 21.1 Å². The van der Waals surface area contributed by atoms with Crippen molar-refractivity contribution in [3.05, 3.63) is 35.9 Å². The van der Waals surface area contributed by atoms with E-state index in [0.29, 0.717) is 30.2 Å². The molecule has 114 valence electrons. The van der Waals surface area contributed by atoms with E-state index >= 15 is 0 Å². The highest BCUT2D eigenvalue weighted by molar-refractivity contribution is 7.85. The smallest absolute Gasteiger partial charge is 0.333 e. The molecule has 0 saturated carbocycles. The highest BCUT2D eigenvalue weighted by Gasteiger charge is 2.38. The van der Waals surface area contributed by atoms with E-state index in [9.17, 15) is 18.9 Å². The Hall–Kier alpha value is -1.89. The van der Waals surface area contributed by atoms with Crippen LogP contribution in [0.1, 0.15) is 12.5 Å². The SMILES string of the molecule is CC(NC(=O)N1CCS(=O)CC1)(C(=O)O)c1ccccc1. The molecule has 1 aromatic carbocycles. The van der Waals surface area contributed by atoms with E-state index < -0.39 is 28.3 Å². The van der Waals surface area contributed by atoms with Crippen molar-refractivity contribution in [3.8, 4) is 0 Å². The lowest BCUT2D eigenvalue weighted by molar-refractivity contribution is -0.144. The lowest BCUT2D eigenvalue weighted by atomic mass is 9.92. The highest BCUT2D eigenvalue weighted by Crippen LogP contribution is 2.21. The third-order valence-corrected chi connectivity index (χ3v) is 4.88. The number of aliphatic carboxylic acids is 1. The van der Waals surface area contributed by atoms with E-state index in [1.54, 1.807) is 30.3 Å². The number of amides is 2. The van der Waals surface area contributed by atoms with Gasteiger partial charge in [0.15, 0.2) is 5.54 Å². The second kappa shape index (κ2) is 6.26. The molecule has 0 aliphatic carbocycles. The van der Waals surface area contributed by atoms with E-state index in [2.05, 4.69) is 5.32 Å². The average Bonchev–Trinajstić information content (AvgIpc) is 2.48. The van der Waals surface area contributed by atoms with Crippen LogP contribution in [0.4, 0.5) is 4.79 Å². The summed E-state index contributed by atoms with van der Waals surface area (Å²) in [6, 6.07) is 8.13. The molecule has 6 nitrogen and oxygen atoms in total. The minimum atomic E-state index is -1.49. The lowest BCUT2D eigenvalue weighted by Gasteiger charge is -2.32. The monoisotopic (exact) mass is 310 g/mol. The number of urea groups is 1. The van der Waals surface area contributed by atoms with Gasteiger partial charge >= 0.3 is 12.0 Å². The summed E-state index contributed by atoms with van der Waals surface area (Å²) in [6.45, 7) is 2.22. The van der Waals surface area contributed by atoms with Crippen molar-refractivity contribution < 1.29 is 18.9 Å². The fourth-order valence-electron chi connectivity index (χ4n) is 2.15. The Morgan fingerprint density at radius 1 is 1.24 bits per heavy atom. The molecule has 2 N–H and O–H groups in total. The Kier molecular flexibility index (Phi) is 4.62. The van der Waals surface area contributed by atoms with Gasteiger partial charge < -0.3 is 15.3 Å². The molecule has 1 aromatic rings. The van der Waals surface area contributed by atoms with Gasteiger partial charge in [-0.2, -0.15) is 0 Å². The Balaban J connectivity index is 2.15. The Morgan fingerprint density at radius 3 is 2.33 bits per heavy atom. The maximum Gasteiger partial charge on any atom is 0.333 e. The number of carboxylic acids is 1. The number of carbonyl (C=O) groups is 2. The van der Waals surface area contributed by atoms with Gasteiger partial charge in [0.2, 0.25) is 0 Å². The molecule has 0 radical (unpaired) electrons. The third kappa shape index (κ3) is 3.41. The van der Waals surface area contributed by atoms with Gasteiger partial charge in [0.25, 0.3) is 0 Å². The summed E-state index contributed by atoms with van der Waals surface area (Å²) in [5, 5.41) is 12.1. The third-order valence-electron chi connectivity index (χ3n) is 3.60. The molecule has 1 saturated heterocycles. The first-order valence-corrected chi connectivity index (χ1v) is 8.13. The maximum atomic E-state index is 12.3. The quantitative estimate of drug-likeness (QED) is 0.863. The summed E-state index contributed by atoms with van der Waals surface area (Å²) >= 11 is 0. The first-order chi connectivity index (χ1) is 9.93. The molecule has 1 unspecified atom stereocenters. The largest absolute Gasteiger partial charge is 0.479 e. The molecule has 0 bridgehead atoms. The van der Waals surface area contributed by atoms with E-state index in [0.717, 1.165) is 0 Å². The van der Waals surface area contributed by atoms with E-state index in [1.807, 2.05) is 0 Å². The number of rotatable bonds is 3. The predicted octanol–water partition coefficient (Wildman–Crippen LogP) is 0.760. The maximum absolute atomic E-state index is 12.3. The molecular formula is C14H18N2O4S. The van der Waals surface area contributed by atoms with Crippen LogP contribution in [-0.4, -0.2) is 50.8 Å². The summed E-state index contributed by atoms with van der Waals surface area (Å²) in [5.74, 6) is -0.256. The van der Waals surface area contributed by atoms with Crippen LogP contribution in [0.5, 0.6) is 0 Å². The molecule has 0 aromatic heterocycles. The first-order valence-electron chi connectivity index (χ1n) is 6.64. The highest BCUT2D eigenvalue weighted by atomic mass is 32.2. The number of nitrogens with zero attached hydrogens (tertiary/aromatic N) is 1. The summed E-state index contributed by atoms with van der Waals surface area (Å²) in [6.07, 6.45) is 0. The van der Waals surface area contributed by atoms with Crippen LogP contribution in [0, 0.1) is 0 Å². The van der Waals surface area contributed by atoms with Crippen LogP contribution in [0.25, 0.3) is 0 Å². The number of benzene rings is 1. The van der Waals surface area contributed by atoms with Gasteiger partial charge in [-0.15, -0.1) is 0 Å². The van der Waals surface area contributed by atoms with Gasteiger partial charge in [-0.05, 0) is 12.5 Å². The molecule has 1 fully saturated rings. The van der Waals surface area contributed by atoms with Crippen LogP contribution in [0.2, 0.25) is 0 Å². The minimum Gasteiger partial charge on any atom is -0.479 e. The molecule has 2 amide bonds. The normalized spacial score (nSPS) is 18.8. The van der Waals surface area contributed by atoms with Crippen molar-refractivity contribution in [2.24, 2.45) is 0 Å². The zero-order chi connectivity index (χ0) is 15.5. The van der Waals surface area contributed by atoms with Crippen LogP contribution in [0.3, 0.4) is 0 Å². The Bertz CT molecular complexity index is 553. The fourth-order valence-corrected chi connectivity index (χ4v) is 3.21. The van der Waals surface area contributed by atoms with Gasteiger partial charge in [-0.1, -0.05) is 30.3 Å². The summed E-state index contributed by atoms with van der Waals surface area (Å²) in [4.78, 5) is 25.4. The van der Waals surface area contributed by atoms with Crippen molar-refractivity contribution in [2.45, 2.75) is 12.5 Å². The second-order valence-corrected chi connectivity index (χ2v) is 6.76. The van der Waals surface area contributed by atoms with Crippen molar-refractivity contribution in [1.29, 1.82) is 0 Å². The molecule has 1 aliphatic heterocycles. The van der Waals surface area contributed by atoms with E-state index in [4.69, 9.17) is 0 Å². The van der Waals surface area contributed by atoms with Crippen molar-refractivity contribution >= 4 is 22.8 Å². The summed E-state index contributed by atoms with van der Waals surface area (Å²) < 4.78 is 11.3. The van der Waals surface area contributed by atoms with Gasteiger partial charge in [0.1, 0.15) is 0 Å². The van der Waals surface area contributed by atoms with Gasteiger partial charge in [-0.3, -0.25) is 4.21 Å². The van der Waals surface area contributed by atoms with Gasteiger partial charge in [-0.25, -0.2) is 9.59 Å². The minimum absolute atomic E-state index is 0.378. The first kappa shape index (κ1) is 15.5. The van der Waals surface area contributed by atoms with Gasteiger partial charge in [0, 0.05) is 35.4 Å². The molecular weight excluding hydrogens is 292 g/mol. The molecule has 7 heteroatoms. The summed E-state index contributed by atoms with van der Waals surface area (Å²) in [7, 11) is -0.883. The number of carbonyl (C=O) groups excluding carboxylic acids is 1. The summed E-state index contributed by atoms with van der Waals surface area (Å²) in [5.41, 5.74) is -0.985. The van der Waals surface area contributed by atoms with Crippen LogP contribution >= 0.6 is 0 Å². The van der Waals surface area contributed by atoms with Crippen LogP contribution in [0.15, 0.2) is 30.3 Å². The zero-order valence-electron chi connectivity index (χ0n) is 11.7. The number of carboxylic acid groups (broad SMARTS) is 1. The van der Waals surface area contributed by atoms with Crippen LogP contribution < -0.4 is 5.32 Å². The molecule has 1 aliphatic rings. The molecule has 2 rings (SSSR count). The van der Waals surface area contributed by atoms with Crippen molar-refractivity contribution in [2.75, 3.05) is 24.6 Å². The molecule has 1 atom stereocenters. The second-order valence-electron chi connectivity index (χ2n) is 5.06. The zero-order valence-corrected chi connectivity index (χ0v) is 12.6. The van der Waals surface area contributed by atoms with Gasteiger partial charge in [0.05, 0.1) is 0 Å². The van der Waals surface area contributed by atoms with E-state index in [-0.39, 0.29) is 0 Å². The number of hydrogen-bond acceptors (Lipinski definition) is 3. The van der Waals surface area contributed by atoms with Crippen molar-refractivity contribution in [3.63, 3.8) is 0 Å². The number of nitrogens with one attached hydrogen (secondary N) is 1. The standard InChI is InChI=1S/C14H18N2O4S/c1-14(12(17)18,11-5-3-2-4-6-11)15-13(19)16-7-9-21(20)10-8-16/h2-6H,7-10H2,1H3,(H,15,19)(H,17,18). The Labute approximate surface area is 125 Å². The number of hydrogen-bond donors (Lipinski definition) is 2. The topological polar surface area (TPSA) is 86.7 Å². The molecule has 0 spiro atoms. The molecule has 21 heavy (non-hydrogen) atoms. The fraction of sp³-hybridized carbons (Fsp3) is 0.429. The molecule has 1 heterocycles. The Morgan fingerprint density at radius 2 is 1.81 bits per heavy atom. The van der Waals surface area contributed by atoms with E-state index in [1.165, 1.54) is 11.8 Å². The lowest BCUT2D eigenvalue weighted by Crippen LogP contribution is -2.56.